The molecule has 78 heavy (non-hydrogen) atoms. The van der Waals surface area contributed by atoms with E-state index in [1.807, 2.05) is 0 Å². The number of phosphoric acid groups is 1. The number of hydrogen-bond donors (Lipinski definition) is 2. The van der Waals surface area contributed by atoms with Gasteiger partial charge in [-0.25, -0.2) is 4.57 Å². The predicted octanol–water partition coefficient (Wildman–Crippen LogP) is 21.0. The van der Waals surface area contributed by atoms with E-state index in [9.17, 15) is 19.0 Å². The van der Waals surface area contributed by atoms with Crippen molar-refractivity contribution >= 4 is 19.8 Å². The first-order valence-corrected chi connectivity index (χ1v) is 34.1. The normalized spacial score (nSPS) is 13.5. The fourth-order valence-electron chi connectivity index (χ4n) is 9.27. The van der Waals surface area contributed by atoms with Crippen LogP contribution in [0.15, 0.2) is 85.1 Å². The number of phosphoric ester groups is 1. The molecule has 0 aromatic rings. The van der Waals surface area contributed by atoms with Gasteiger partial charge in [0, 0.05) is 19.4 Å². The zero-order valence-electron chi connectivity index (χ0n) is 50.6. The number of carbonyl (C=O) groups is 2. The third-order valence-electron chi connectivity index (χ3n) is 14.0. The summed E-state index contributed by atoms with van der Waals surface area (Å²) in [6.45, 7) is 3.62. The molecule has 0 bridgehead atoms. The largest absolute Gasteiger partial charge is 0.472 e. The highest BCUT2D eigenvalue weighted by molar-refractivity contribution is 7.47. The second-order valence-corrected chi connectivity index (χ2v) is 23.1. The van der Waals surface area contributed by atoms with Crippen molar-refractivity contribution in [1.29, 1.82) is 0 Å². The van der Waals surface area contributed by atoms with Crippen molar-refractivity contribution in [3.05, 3.63) is 85.1 Å². The molecule has 0 aromatic heterocycles. The van der Waals surface area contributed by atoms with Crippen LogP contribution in [0.2, 0.25) is 0 Å². The molecule has 9 nitrogen and oxygen atoms in total. The van der Waals surface area contributed by atoms with E-state index in [1.54, 1.807) is 0 Å². The second kappa shape index (κ2) is 63.4. The van der Waals surface area contributed by atoms with Crippen LogP contribution >= 0.6 is 7.82 Å². The number of allylic oxidation sites excluding steroid dienone is 14. The molecular formula is C68H122NO8P. The lowest BCUT2D eigenvalue weighted by Crippen LogP contribution is -2.29. The lowest BCUT2D eigenvalue weighted by atomic mass is 10.0. The van der Waals surface area contributed by atoms with Crippen LogP contribution in [0.25, 0.3) is 0 Å². The van der Waals surface area contributed by atoms with Gasteiger partial charge in [0.1, 0.15) is 6.61 Å². The topological polar surface area (TPSA) is 134 Å². The molecule has 0 spiro atoms. The zero-order valence-corrected chi connectivity index (χ0v) is 51.5. The van der Waals surface area contributed by atoms with Gasteiger partial charge in [-0.1, -0.05) is 304 Å². The Morgan fingerprint density at radius 2 is 0.705 bits per heavy atom. The number of hydrogen-bond acceptors (Lipinski definition) is 8. The number of rotatable bonds is 61. The molecule has 0 aliphatic rings. The first kappa shape index (κ1) is 75.2. The Balaban J connectivity index is 3.93. The summed E-state index contributed by atoms with van der Waals surface area (Å²) >= 11 is 0. The number of ether oxygens (including phenoxy) is 2. The zero-order chi connectivity index (χ0) is 56.6. The molecule has 0 aromatic carbocycles. The fraction of sp³-hybridized carbons (Fsp3) is 0.765. The number of carbonyl (C=O) groups excluding carboxylic acids is 2. The van der Waals surface area contributed by atoms with E-state index in [4.69, 9.17) is 24.3 Å². The van der Waals surface area contributed by atoms with Crippen molar-refractivity contribution in [3.8, 4) is 0 Å². The van der Waals surface area contributed by atoms with Crippen molar-refractivity contribution < 1.29 is 37.6 Å². The highest BCUT2D eigenvalue weighted by Gasteiger charge is 2.26. The molecule has 0 rings (SSSR count). The minimum Gasteiger partial charge on any atom is -0.462 e. The summed E-state index contributed by atoms with van der Waals surface area (Å²) in [4.78, 5) is 35.3. The van der Waals surface area contributed by atoms with Crippen LogP contribution in [0.4, 0.5) is 0 Å². The molecule has 0 fully saturated rings. The molecule has 0 radical (unpaired) electrons. The summed E-state index contributed by atoms with van der Waals surface area (Å²) in [5.41, 5.74) is 5.39. The van der Waals surface area contributed by atoms with Crippen LogP contribution in [0.1, 0.15) is 303 Å². The van der Waals surface area contributed by atoms with Crippen LogP contribution in [0.3, 0.4) is 0 Å². The Hall–Kier alpha value is -2.81. The summed E-state index contributed by atoms with van der Waals surface area (Å²) in [6.07, 6.45) is 83.9. The molecule has 0 saturated carbocycles. The van der Waals surface area contributed by atoms with Crippen LogP contribution in [-0.2, 0) is 32.7 Å². The Bertz CT molecular complexity index is 1550. The number of esters is 2. The predicted molar refractivity (Wildman–Crippen MR) is 335 cm³/mol. The van der Waals surface area contributed by atoms with E-state index < -0.39 is 26.5 Å². The highest BCUT2D eigenvalue weighted by Crippen LogP contribution is 2.43. The lowest BCUT2D eigenvalue weighted by Gasteiger charge is -2.19. The minimum atomic E-state index is -4.40. The van der Waals surface area contributed by atoms with Gasteiger partial charge in [-0.3, -0.25) is 18.6 Å². The summed E-state index contributed by atoms with van der Waals surface area (Å²) in [5, 5.41) is 0. The molecule has 0 amide bonds. The average Bonchev–Trinajstić information content (AvgIpc) is 3.43. The molecule has 0 heterocycles. The first-order chi connectivity index (χ1) is 38.3. The molecule has 2 atom stereocenters. The molecule has 0 saturated heterocycles. The molecule has 2 unspecified atom stereocenters. The standard InChI is InChI=1S/C68H122NO8P/c1-3-5-7-9-11-13-15-17-19-21-23-25-27-29-30-31-32-33-34-35-37-38-40-42-44-46-48-50-52-54-56-58-60-67(70)74-64-66(65-76-78(72,73)75-63-62-69)77-68(71)61-59-57-55-53-51-49-47-45-43-41-39-36-28-26-24-22-20-18-16-14-12-10-8-6-4-2/h6,8,12,14,18,20,24,26,36,39,43,45,49,51,66H,3-5,7,9-11,13,15-17,19,21-23,25,27-35,37-38,40-42,44,46-48,50,52-65,69H2,1-2H3,(H,72,73)/b8-6-,14-12-,20-18-,26-24-,39-36-,45-43-,51-49-. The molecule has 0 aliphatic carbocycles. The maximum atomic E-state index is 12.7. The number of nitrogens with two attached hydrogens (primary N) is 1. The summed E-state index contributed by atoms with van der Waals surface area (Å²) in [7, 11) is -4.40. The van der Waals surface area contributed by atoms with Gasteiger partial charge in [0.05, 0.1) is 13.2 Å². The van der Waals surface area contributed by atoms with Crippen molar-refractivity contribution in [2.24, 2.45) is 5.73 Å². The van der Waals surface area contributed by atoms with Gasteiger partial charge in [0.15, 0.2) is 6.10 Å². The summed E-state index contributed by atoms with van der Waals surface area (Å²) < 4.78 is 33.1. The Labute approximate surface area is 481 Å². The van der Waals surface area contributed by atoms with Crippen LogP contribution in [-0.4, -0.2) is 49.3 Å². The van der Waals surface area contributed by atoms with Gasteiger partial charge >= 0.3 is 19.8 Å². The minimum absolute atomic E-state index is 0.0446. The molecule has 3 N–H and O–H groups in total. The van der Waals surface area contributed by atoms with Crippen LogP contribution < -0.4 is 5.73 Å². The van der Waals surface area contributed by atoms with E-state index in [1.165, 1.54) is 186 Å². The Kier molecular flexibility index (Phi) is 61.1. The molecule has 452 valence electrons. The van der Waals surface area contributed by atoms with E-state index in [0.29, 0.717) is 6.42 Å². The maximum Gasteiger partial charge on any atom is 0.472 e. The van der Waals surface area contributed by atoms with E-state index in [-0.39, 0.29) is 38.6 Å². The summed E-state index contributed by atoms with van der Waals surface area (Å²) in [5.74, 6) is -0.859. The van der Waals surface area contributed by atoms with Crippen molar-refractivity contribution in [1.82, 2.24) is 0 Å². The monoisotopic (exact) mass is 1110 g/mol. The maximum absolute atomic E-state index is 12.7. The second-order valence-electron chi connectivity index (χ2n) is 21.6. The summed E-state index contributed by atoms with van der Waals surface area (Å²) in [6, 6.07) is 0. The highest BCUT2D eigenvalue weighted by atomic mass is 31.2. The van der Waals surface area contributed by atoms with Gasteiger partial charge in [0.25, 0.3) is 0 Å². The fourth-order valence-corrected chi connectivity index (χ4v) is 10.0. The Morgan fingerprint density at radius 3 is 1.05 bits per heavy atom. The third-order valence-corrected chi connectivity index (χ3v) is 15.0. The molecule has 10 heteroatoms. The lowest BCUT2D eigenvalue weighted by molar-refractivity contribution is -0.161. The molecular weight excluding hydrogens is 990 g/mol. The van der Waals surface area contributed by atoms with E-state index in [2.05, 4.69) is 98.9 Å². The van der Waals surface area contributed by atoms with Gasteiger partial charge in [-0.05, 0) is 70.6 Å². The van der Waals surface area contributed by atoms with Crippen molar-refractivity contribution in [2.45, 2.75) is 309 Å². The van der Waals surface area contributed by atoms with E-state index >= 15 is 0 Å². The first-order valence-electron chi connectivity index (χ1n) is 32.6. The van der Waals surface area contributed by atoms with Gasteiger partial charge in [0.2, 0.25) is 0 Å². The van der Waals surface area contributed by atoms with Crippen LogP contribution in [0.5, 0.6) is 0 Å². The van der Waals surface area contributed by atoms with Gasteiger partial charge < -0.3 is 20.1 Å². The van der Waals surface area contributed by atoms with Crippen LogP contribution in [0, 0.1) is 0 Å². The van der Waals surface area contributed by atoms with E-state index in [0.717, 1.165) is 83.5 Å². The van der Waals surface area contributed by atoms with Gasteiger partial charge in [-0.2, -0.15) is 0 Å². The average molecular weight is 1110 g/mol. The third kappa shape index (κ3) is 62.4. The smallest absolute Gasteiger partial charge is 0.462 e. The molecule has 0 aliphatic heterocycles. The number of unbranched alkanes of at least 4 members (excludes halogenated alkanes) is 34. The quantitative estimate of drug-likeness (QED) is 0.0264. The van der Waals surface area contributed by atoms with Crippen molar-refractivity contribution in [2.75, 3.05) is 26.4 Å². The Morgan fingerprint density at radius 1 is 0.397 bits per heavy atom. The van der Waals surface area contributed by atoms with Gasteiger partial charge in [-0.15, -0.1) is 0 Å². The van der Waals surface area contributed by atoms with Crippen molar-refractivity contribution in [3.63, 3.8) is 0 Å². The SMILES string of the molecule is CC/C=C\C/C=C\C/C=C\C/C=C\C/C=C\C/C=C\C/C=C\CCCCCC(=O)OC(COC(=O)CCCCCCCCCCCCCCCCCCCCCCCCCCCCCCCCCC)COP(=O)(O)OCCN.